The first-order chi connectivity index (χ1) is 9.58. The minimum atomic E-state index is 0.766. The van der Waals surface area contributed by atoms with Gasteiger partial charge in [0.15, 0.2) is 0 Å². The third-order valence-corrected chi connectivity index (χ3v) is 4.18. The summed E-state index contributed by atoms with van der Waals surface area (Å²) in [5, 5.41) is 2.00. The van der Waals surface area contributed by atoms with Gasteiger partial charge in [-0.15, -0.1) is 0 Å². The predicted octanol–water partition coefficient (Wildman–Crippen LogP) is 2.31. The van der Waals surface area contributed by atoms with E-state index in [1.807, 2.05) is 12.1 Å². The molecule has 20 heavy (non-hydrogen) atoms. The van der Waals surface area contributed by atoms with E-state index in [0.29, 0.717) is 0 Å². The third kappa shape index (κ3) is 2.91. The van der Waals surface area contributed by atoms with Crippen LogP contribution in [0.2, 0.25) is 5.02 Å². The fraction of sp³-hybridized carbons (Fsp3) is 0.533. The second-order valence-electron chi connectivity index (χ2n) is 5.02. The zero-order chi connectivity index (χ0) is 14.7. The van der Waals surface area contributed by atoms with Crippen molar-refractivity contribution in [3.63, 3.8) is 0 Å². The summed E-state index contributed by atoms with van der Waals surface area (Å²) >= 11 is 6.12. The second-order valence-corrected chi connectivity index (χ2v) is 5.45. The maximum atomic E-state index is 6.12. The Balaban J connectivity index is 2.21. The Morgan fingerprint density at radius 2 is 2.00 bits per heavy atom. The van der Waals surface area contributed by atoms with Crippen molar-refractivity contribution in [2.24, 2.45) is 7.05 Å². The zero-order valence-corrected chi connectivity index (χ0v) is 13.5. The van der Waals surface area contributed by atoms with Crippen LogP contribution in [-0.2, 0) is 7.05 Å². The number of benzene rings is 1. The van der Waals surface area contributed by atoms with E-state index in [4.69, 9.17) is 11.6 Å². The fourth-order valence-corrected chi connectivity index (χ4v) is 2.68. The lowest BCUT2D eigenvalue weighted by atomic mass is 10.2. The number of nitrogens with zero attached hydrogens (tertiary/aromatic N) is 3. The van der Waals surface area contributed by atoms with Gasteiger partial charge in [0.25, 0.3) is 0 Å². The number of rotatable bonds is 6. The summed E-state index contributed by atoms with van der Waals surface area (Å²) in [6.45, 7) is 10.6. The maximum Gasteiger partial charge on any atom is 0.135 e. The molecule has 0 saturated heterocycles. The van der Waals surface area contributed by atoms with E-state index in [-0.39, 0.29) is 0 Å². The highest BCUT2D eigenvalue weighted by atomic mass is 35.5. The molecule has 4 nitrogen and oxygen atoms in total. The molecule has 0 aliphatic heterocycles. The standard InChI is InChI=1S/C15H24ClN4/c1-5-19(6-2)10-9-17-20-15-11-13(16)7-8-14(15)12(3)18(20)4/h7-8,11,17H,5-6,9-10H2,1-4H3/q+1. The van der Waals surface area contributed by atoms with Crippen molar-refractivity contribution >= 4 is 22.5 Å². The van der Waals surface area contributed by atoms with Gasteiger partial charge in [-0.25, -0.2) is 5.43 Å². The summed E-state index contributed by atoms with van der Waals surface area (Å²) in [5.41, 5.74) is 5.83. The molecule has 2 aromatic rings. The summed E-state index contributed by atoms with van der Waals surface area (Å²) in [5.74, 6) is 0. The molecule has 1 aromatic carbocycles. The molecule has 0 spiro atoms. The van der Waals surface area contributed by atoms with Crippen LogP contribution >= 0.6 is 11.6 Å². The number of hydrogen-bond donors (Lipinski definition) is 1. The van der Waals surface area contributed by atoms with Crippen molar-refractivity contribution in [3.05, 3.63) is 28.9 Å². The fourth-order valence-electron chi connectivity index (χ4n) is 2.52. The first kappa shape index (κ1) is 15.1. The SMILES string of the molecule is CCN(CC)CCNn1c2cc(Cl)ccc2c(C)[n+]1C. The number of halogens is 1. The minimum absolute atomic E-state index is 0.766. The number of nitrogens with one attached hydrogen (secondary N) is 1. The molecule has 1 N–H and O–H groups in total. The number of hydrogen-bond acceptors (Lipinski definition) is 2. The molecule has 0 saturated carbocycles. The Hall–Kier alpha value is -1.26. The molecule has 0 fully saturated rings. The Bertz CT molecular complexity index is 587. The predicted molar refractivity (Wildman–Crippen MR) is 84.9 cm³/mol. The van der Waals surface area contributed by atoms with Crippen LogP contribution in [-0.4, -0.2) is 35.9 Å². The summed E-state index contributed by atoms with van der Waals surface area (Å²) in [6, 6.07) is 6.03. The van der Waals surface area contributed by atoms with E-state index in [1.54, 1.807) is 0 Å². The lowest BCUT2D eigenvalue weighted by molar-refractivity contribution is -0.751. The zero-order valence-electron chi connectivity index (χ0n) is 12.8. The first-order valence-electron chi connectivity index (χ1n) is 7.21. The lowest BCUT2D eigenvalue weighted by Gasteiger charge is -2.16. The molecule has 0 bridgehead atoms. The highest BCUT2D eigenvalue weighted by Crippen LogP contribution is 2.20. The van der Waals surface area contributed by atoms with E-state index in [9.17, 15) is 0 Å². The van der Waals surface area contributed by atoms with Crippen LogP contribution in [0, 0.1) is 6.92 Å². The van der Waals surface area contributed by atoms with Gasteiger partial charge >= 0.3 is 0 Å². The molecule has 1 heterocycles. The molecule has 0 aliphatic carbocycles. The van der Waals surface area contributed by atoms with Crippen molar-refractivity contribution < 1.29 is 4.68 Å². The largest absolute Gasteiger partial charge is 0.300 e. The van der Waals surface area contributed by atoms with E-state index >= 15 is 0 Å². The van der Waals surface area contributed by atoms with Crippen LogP contribution in [0.1, 0.15) is 19.5 Å². The van der Waals surface area contributed by atoms with Crippen LogP contribution in [0.15, 0.2) is 18.2 Å². The van der Waals surface area contributed by atoms with Crippen molar-refractivity contribution in [1.29, 1.82) is 0 Å². The Kier molecular flexibility index (Phi) is 4.89. The van der Waals surface area contributed by atoms with Crippen molar-refractivity contribution in [1.82, 2.24) is 9.69 Å². The number of aromatic nitrogens is 2. The Labute approximate surface area is 125 Å². The molecular weight excluding hydrogens is 272 g/mol. The topological polar surface area (TPSA) is 24.1 Å². The Morgan fingerprint density at radius 3 is 2.65 bits per heavy atom. The highest BCUT2D eigenvalue weighted by Gasteiger charge is 2.16. The van der Waals surface area contributed by atoms with E-state index in [0.717, 1.165) is 36.7 Å². The minimum Gasteiger partial charge on any atom is -0.300 e. The molecule has 0 radical (unpaired) electrons. The highest BCUT2D eigenvalue weighted by molar-refractivity contribution is 6.31. The number of fused-ring (bicyclic) bond motifs is 1. The smallest absolute Gasteiger partial charge is 0.135 e. The van der Waals surface area contributed by atoms with Gasteiger partial charge in [-0.2, -0.15) is 4.68 Å². The van der Waals surface area contributed by atoms with Crippen molar-refractivity contribution in [3.8, 4) is 0 Å². The Morgan fingerprint density at radius 1 is 1.30 bits per heavy atom. The molecule has 0 unspecified atom stereocenters. The quantitative estimate of drug-likeness (QED) is 0.827. The van der Waals surface area contributed by atoms with E-state index in [2.05, 4.69) is 53.7 Å². The van der Waals surface area contributed by atoms with Crippen molar-refractivity contribution in [2.45, 2.75) is 20.8 Å². The summed E-state index contributed by atoms with van der Waals surface area (Å²) in [6.07, 6.45) is 0. The van der Waals surface area contributed by atoms with Crippen LogP contribution in [0.5, 0.6) is 0 Å². The molecule has 0 atom stereocenters. The average Bonchev–Trinajstić information content (AvgIpc) is 2.68. The van der Waals surface area contributed by atoms with Gasteiger partial charge in [-0.05, 0) is 31.3 Å². The van der Waals surface area contributed by atoms with Gasteiger partial charge in [0, 0.05) is 18.5 Å². The van der Waals surface area contributed by atoms with Crippen LogP contribution in [0.4, 0.5) is 0 Å². The monoisotopic (exact) mass is 295 g/mol. The van der Waals surface area contributed by atoms with Gasteiger partial charge in [-0.1, -0.05) is 30.2 Å². The normalized spacial score (nSPS) is 11.5. The van der Waals surface area contributed by atoms with Gasteiger partial charge in [0.1, 0.15) is 24.8 Å². The molecule has 2 rings (SSSR count). The van der Waals surface area contributed by atoms with Gasteiger partial charge in [0.2, 0.25) is 0 Å². The van der Waals surface area contributed by atoms with Crippen LogP contribution in [0.25, 0.3) is 10.9 Å². The second kappa shape index (κ2) is 6.46. The molecule has 0 amide bonds. The third-order valence-electron chi connectivity index (χ3n) is 3.95. The van der Waals surface area contributed by atoms with Crippen LogP contribution < -0.4 is 10.1 Å². The van der Waals surface area contributed by atoms with Gasteiger partial charge in [-0.3, -0.25) is 4.90 Å². The molecular formula is C15H24ClN4+. The molecule has 1 aromatic heterocycles. The summed E-state index contributed by atoms with van der Waals surface area (Å²) < 4.78 is 2.13. The van der Waals surface area contributed by atoms with Gasteiger partial charge < -0.3 is 0 Å². The first-order valence-corrected chi connectivity index (χ1v) is 7.59. The molecule has 110 valence electrons. The lowest BCUT2D eigenvalue weighted by Crippen LogP contribution is -2.46. The van der Waals surface area contributed by atoms with E-state index in [1.165, 1.54) is 11.1 Å². The molecule has 5 heteroatoms. The average molecular weight is 296 g/mol. The summed E-state index contributed by atoms with van der Waals surface area (Å²) in [4.78, 5) is 4.48. The van der Waals surface area contributed by atoms with E-state index < -0.39 is 0 Å². The number of aryl methyl sites for hydroxylation is 1. The van der Waals surface area contributed by atoms with Crippen molar-refractivity contribution in [2.75, 3.05) is 31.6 Å². The maximum absolute atomic E-state index is 6.12. The molecule has 0 aliphatic rings. The summed E-state index contributed by atoms with van der Waals surface area (Å²) in [7, 11) is 2.06. The van der Waals surface area contributed by atoms with Crippen LogP contribution in [0.3, 0.4) is 0 Å². The number of likely N-dealkylation sites (N-methyl/N-ethyl adjacent to an activating group) is 1. The van der Waals surface area contributed by atoms with Gasteiger partial charge in [0.05, 0.1) is 5.39 Å².